The van der Waals surface area contributed by atoms with Gasteiger partial charge in [-0.15, -0.1) is 0 Å². The Balaban J connectivity index is 1.43. The van der Waals surface area contributed by atoms with Gasteiger partial charge in [0.2, 0.25) is 5.91 Å². The molecule has 6 aromatic carbocycles. The quantitative estimate of drug-likeness (QED) is 0.0797. The van der Waals surface area contributed by atoms with Crippen molar-refractivity contribution in [1.82, 2.24) is 10.6 Å². The molecule has 61 heavy (non-hydrogen) atoms. The highest BCUT2D eigenvalue weighted by Gasteiger charge is 2.53. The lowest BCUT2D eigenvalue weighted by atomic mass is 10.0. The minimum atomic E-state index is -3.14. The monoisotopic (exact) mass is 851 g/mol. The van der Waals surface area contributed by atoms with E-state index in [0.717, 1.165) is 16.5 Å². The second kappa shape index (κ2) is 19.3. The van der Waals surface area contributed by atoms with Crippen LogP contribution in [-0.4, -0.2) is 50.3 Å². The molecule has 2 N–H and O–H groups in total. The summed E-state index contributed by atoms with van der Waals surface area (Å²) in [5, 5.41) is 13.3. The maximum absolute atomic E-state index is 15.2. The van der Waals surface area contributed by atoms with E-state index in [1.807, 2.05) is 64.1 Å². The molecule has 0 radical (unpaired) electrons. The fourth-order valence-electron chi connectivity index (χ4n) is 8.58. The molecule has 0 aliphatic heterocycles. The van der Waals surface area contributed by atoms with E-state index >= 15 is 4.79 Å². The zero-order chi connectivity index (χ0) is 43.8. The Bertz CT molecular complexity index is 2270. The number of carbonyl (C=O) groups is 2. The van der Waals surface area contributed by atoms with Crippen molar-refractivity contribution in [2.24, 2.45) is 5.92 Å². The minimum Gasteiger partial charge on any atom is -0.444 e. The number of ether oxygens (including phenoxy) is 1. The van der Waals surface area contributed by atoms with E-state index in [4.69, 9.17) is 9.16 Å². The molecular formula is C53H64N2O4PSi+. The first kappa shape index (κ1) is 45.5. The van der Waals surface area contributed by atoms with Crippen molar-refractivity contribution < 1.29 is 18.8 Å². The molecule has 2 amide bonds. The average Bonchev–Trinajstić information content (AvgIpc) is 3.24. The van der Waals surface area contributed by atoms with E-state index in [1.165, 1.54) is 26.9 Å². The summed E-state index contributed by atoms with van der Waals surface area (Å²) in [7, 11) is -5.40. The number of hydrogen-bond acceptors (Lipinski definition) is 4. The molecule has 6 nitrogen and oxygen atoms in total. The molecule has 8 heteroatoms. The largest absolute Gasteiger partial charge is 0.444 e. The number of alkyl carbamates (subject to hydrolysis) is 1. The third kappa shape index (κ3) is 10.7. The summed E-state index contributed by atoms with van der Waals surface area (Å²) in [5.74, 6) is -0.248. The van der Waals surface area contributed by atoms with Crippen LogP contribution in [0.2, 0.25) is 5.04 Å². The lowest BCUT2D eigenvalue weighted by Crippen LogP contribution is -2.69. The highest BCUT2D eigenvalue weighted by Crippen LogP contribution is 2.60. The molecule has 318 valence electrons. The molecule has 0 aliphatic carbocycles. The van der Waals surface area contributed by atoms with E-state index < -0.39 is 39.4 Å². The summed E-state index contributed by atoms with van der Waals surface area (Å²) >= 11 is 0. The lowest BCUT2D eigenvalue weighted by molar-refractivity contribution is -0.126. The first-order valence-electron chi connectivity index (χ1n) is 21.6. The molecule has 6 rings (SSSR count). The summed E-state index contributed by atoms with van der Waals surface area (Å²) < 4.78 is 13.3. The number of carbonyl (C=O) groups excluding carboxylic acids is 2. The fraction of sp³-hybridized carbons (Fsp3) is 0.321. The van der Waals surface area contributed by atoms with E-state index in [-0.39, 0.29) is 22.9 Å². The maximum Gasteiger partial charge on any atom is 0.408 e. The molecule has 6 aromatic rings. The van der Waals surface area contributed by atoms with Crippen LogP contribution >= 0.6 is 7.26 Å². The van der Waals surface area contributed by atoms with Gasteiger partial charge in [-0.1, -0.05) is 168 Å². The van der Waals surface area contributed by atoms with Crippen LogP contribution in [0, 0.1) is 5.92 Å². The first-order chi connectivity index (χ1) is 29.0. The van der Waals surface area contributed by atoms with E-state index in [9.17, 15) is 4.79 Å². The van der Waals surface area contributed by atoms with Gasteiger partial charge < -0.3 is 19.8 Å². The van der Waals surface area contributed by atoms with Crippen molar-refractivity contribution in [3.63, 3.8) is 0 Å². The normalized spacial score (nSPS) is 13.9. The van der Waals surface area contributed by atoms with Gasteiger partial charge in [0.25, 0.3) is 8.32 Å². The van der Waals surface area contributed by atoms with Gasteiger partial charge in [-0.25, -0.2) is 4.79 Å². The summed E-state index contributed by atoms with van der Waals surface area (Å²) in [6.07, 6.45) is 0.114. The first-order valence-corrected chi connectivity index (χ1v) is 25.6. The van der Waals surface area contributed by atoms with Crippen LogP contribution in [0.3, 0.4) is 0 Å². The van der Waals surface area contributed by atoms with Crippen molar-refractivity contribution in [1.29, 1.82) is 0 Å². The second-order valence-electron chi connectivity index (χ2n) is 18.6. The number of hydrogen-bond donors (Lipinski definition) is 2. The number of fused-ring (bicyclic) bond motifs is 1. The Labute approximate surface area is 366 Å². The SMILES string of the molecule is CC(O[Si](c1ccccc1)(c1ccccc1)C(C)(C)C)C(NC(=O)OC(C)(C)C)C(=O)N[C@H](C[P+](Cc1ccc2ccccc2c1)(c1ccccc1)c1ccccc1)C(C)C. The number of amides is 2. The van der Waals surface area contributed by atoms with Gasteiger partial charge in [0, 0.05) is 0 Å². The molecular weight excluding hydrogens is 788 g/mol. The van der Waals surface area contributed by atoms with Crippen molar-refractivity contribution in [2.75, 3.05) is 6.16 Å². The Kier molecular flexibility index (Phi) is 14.4. The maximum atomic E-state index is 15.2. The van der Waals surface area contributed by atoms with Crippen molar-refractivity contribution in [2.45, 2.75) is 97.3 Å². The Hall–Kier alpha value is -5.07. The standard InChI is InChI=1S/C53H63N2O4PSi/c1-39(2)48(38-60(44-26-14-10-15-27-44,45-28-16-11-17-29-45)37-41-34-35-42-24-22-23-25-43(42)36-41)54-50(56)49(55-51(57)58-52(4,5)6)40(3)59-61(53(7,8)9,46-30-18-12-19-31-46)47-32-20-13-21-33-47/h10-36,39-40,48-49H,37-38H2,1-9H3,(H-,54,55,56,57)/p+1/t40?,48-,49?/m1/s1. The van der Waals surface area contributed by atoms with Crippen molar-refractivity contribution in [3.8, 4) is 0 Å². The molecule has 0 heterocycles. The zero-order valence-corrected chi connectivity index (χ0v) is 39.3. The van der Waals surface area contributed by atoms with Crippen molar-refractivity contribution >= 4 is 59.3 Å². The van der Waals surface area contributed by atoms with Crippen molar-refractivity contribution in [3.05, 3.63) is 169 Å². The third-order valence-corrected chi connectivity index (χ3v) is 21.2. The summed E-state index contributed by atoms with van der Waals surface area (Å²) in [5.41, 5.74) is 0.483. The Morgan fingerprint density at radius 3 is 1.56 bits per heavy atom. The Morgan fingerprint density at radius 2 is 1.08 bits per heavy atom. The molecule has 0 saturated heterocycles. The molecule has 0 aliphatic rings. The van der Waals surface area contributed by atoms with Gasteiger partial charge in [0.1, 0.15) is 11.6 Å². The van der Waals surface area contributed by atoms with Crippen LogP contribution in [0.15, 0.2) is 164 Å². The number of rotatable bonds is 15. The number of benzene rings is 6. The van der Waals surface area contributed by atoms with Crippen LogP contribution in [0.1, 0.15) is 67.9 Å². The summed E-state index contributed by atoms with van der Waals surface area (Å²) in [4.78, 5) is 29.0. The zero-order valence-electron chi connectivity index (χ0n) is 37.4. The second-order valence-corrected chi connectivity index (χ2v) is 26.5. The van der Waals surface area contributed by atoms with Crippen LogP contribution in [0.5, 0.6) is 0 Å². The van der Waals surface area contributed by atoms with Gasteiger partial charge in [-0.05, 0) is 95.7 Å². The fourth-order valence-corrected chi connectivity index (χ4v) is 18.0. The van der Waals surface area contributed by atoms with Gasteiger partial charge in [-0.2, -0.15) is 0 Å². The van der Waals surface area contributed by atoms with Crippen LogP contribution in [0.25, 0.3) is 10.8 Å². The Morgan fingerprint density at radius 1 is 0.607 bits per heavy atom. The molecule has 0 saturated carbocycles. The number of nitrogens with one attached hydrogen (secondary N) is 2. The molecule has 0 spiro atoms. The smallest absolute Gasteiger partial charge is 0.408 e. The summed E-state index contributed by atoms with van der Waals surface area (Å²) in [6, 6.07) is 56.4. The van der Waals surface area contributed by atoms with Gasteiger partial charge in [0.05, 0.1) is 42.3 Å². The minimum absolute atomic E-state index is 0.0578. The van der Waals surface area contributed by atoms with Gasteiger partial charge in [-0.3, -0.25) is 4.79 Å². The lowest BCUT2D eigenvalue weighted by Gasteiger charge is -2.45. The predicted octanol–water partition coefficient (Wildman–Crippen LogP) is 10.0. The predicted molar refractivity (Wildman–Crippen MR) is 260 cm³/mol. The van der Waals surface area contributed by atoms with Crippen LogP contribution in [0.4, 0.5) is 4.79 Å². The molecule has 2 unspecified atom stereocenters. The molecule has 3 atom stereocenters. The van der Waals surface area contributed by atoms with Gasteiger partial charge in [0.15, 0.2) is 0 Å². The van der Waals surface area contributed by atoms with Gasteiger partial charge >= 0.3 is 6.09 Å². The highest BCUT2D eigenvalue weighted by atomic mass is 31.2. The molecule has 0 fully saturated rings. The third-order valence-electron chi connectivity index (χ3n) is 11.6. The van der Waals surface area contributed by atoms with Crippen LogP contribution < -0.4 is 31.6 Å². The average molecular weight is 852 g/mol. The molecule has 0 bridgehead atoms. The highest BCUT2D eigenvalue weighted by molar-refractivity contribution is 7.88. The van der Waals surface area contributed by atoms with E-state index in [0.29, 0.717) is 6.16 Å². The van der Waals surface area contributed by atoms with E-state index in [2.05, 4.69) is 173 Å². The van der Waals surface area contributed by atoms with Crippen LogP contribution in [-0.2, 0) is 20.1 Å². The topological polar surface area (TPSA) is 76.7 Å². The molecule has 0 aromatic heterocycles. The van der Waals surface area contributed by atoms with E-state index in [1.54, 1.807) is 0 Å². The summed E-state index contributed by atoms with van der Waals surface area (Å²) in [6.45, 7) is 18.4.